The Balaban J connectivity index is 2.83. The standard InChI is InChI=1S/C12H12F2N4O2S/c1-12(2,3)17-10(15-16-11(17)21)6-4-7(13)8(14)5-9(6)18(19)20/h4-5H,1-3H3,(H,16,21). The van der Waals surface area contributed by atoms with Crippen LogP contribution in [-0.4, -0.2) is 19.7 Å². The van der Waals surface area contributed by atoms with Gasteiger partial charge in [0.2, 0.25) is 0 Å². The summed E-state index contributed by atoms with van der Waals surface area (Å²) in [6.07, 6.45) is 0. The summed E-state index contributed by atoms with van der Waals surface area (Å²) in [5, 5.41) is 17.5. The zero-order chi connectivity index (χ0) is 15.9. The van der Waals surface area contributed by atoms with E-state index in [0.29, 0.717) is 6.07 Å². The molecule has 1 heterocycles. The average Bonchev–Trinajstić information content (AvgIpc) is 2.73. The van der Waals surface area contributed by atoms with Gasteiger partial charge >= 0.3 is 0 Å². The number of benzene rings is 1. The van der Waals surface area contributed by atoms with Crippen LogP contribution in [0.4, 0.5) is 14.5 Å². The summed E-state index contributed by atoms with van der Waals surface area (Å²) < 4.78 is 28.5. The summed E-state index contributed by atoms with van der Waals surface area (Å²) in [6.45, 7) is 5.44. The molecular weight excluding hydrogens is 302 g/mol. The number of hydrogen-bond donors (Lipinski definition) is 1. The number of rotatable bonds is 2. The Morgan fingerprint density at radius 3 is 2.43 bits per heavy atom. The maximum Gasteiger partial charge on any atom is 0.283 e. The first-order valence-electron chi connectivity index (χ1n) is 5.94. The van der Waals surface area contributed by atoms with Crippen molar-refractivity contribution in [3.8, 4) is 11.4 Å². The van der Waals surface area contributed by atoms with Crippen LogP contribution in [0.25, 0.3) is 11.4 Å². The van der Waals surface area contributed by atoms with Crippen molar-refractivity contribution in [3.63, 3.8) is 0 Å². The quantitative estimate of drug-likeness (QED) is 0.522. The minimum Gasteiger partial charge on any atom is -0.295 e. The molecule has 2 aromatic rings. The fraction of sp³-hybridized carbons (Fsp3) is 0.333. The lowest BCUT2D eigenvalue weighted by Gasteiger charge is -2.22. The topological polar surface area (TPSA) is 76.8 Å². The van der Waals surface area contributed by atoms with Gasteiger partial charge in [-0.2, -0.15) is 5.10 Å². The molecule has 1 N–H and O–H groups in total. The van der Waals surface area contributed by atoms with Crippen LogP contribution in [-0.2, 0) is 5.54 Å². The van der Waals surface area contributed by atoms with Gasteiger partial charge in [0.05, 0.1) is 11.0 Å². The lowest BCUT2D eigenvalue weighted by Crippen LogP contribution is -2.23. The van der Waals surface area contributed by atoms with Crippen molar-refractivity contribution in [2.24, 2.45) is 0 Å². The molecule has 0 radical (unpaired) electrons. The summed E-state index contributed by atoms with van der Waals surface area (Å²) in [7, 11) is 0. The molecule has 0 atom stereocenters. The predicted octanol–water partition coefficient (Wildman–Crippen LogP) is 3.55. The van der Waals surface area contributed by atoms with Crippen LogP contribution in [0.1, 0.15) is 20.8 Å². The van der Waals surface area contributed by atoms with Crippen molar-refractivity contribution in [1.82, 2.24) is 14.8 Å². The van der Waals surface area contributed by atoms with Crippen molar-refractivity contribution in [2.45, 2.75) is 26.3 Å². The highest BCUT2D eigenvalue weighted by Gasteiger charge is 2.27. The monoisotopic (exact) mass is 314 g/mol. The minimum absolute atomic E-state index is 0.0816. The van der Waals surface area contributed by atoms with E-state index >= 15 is 0 Å². The van der Waals surface area contributed by atoms with Crippen LogP contribution in [0.3, 0.4) is 0 Å². The molecule has 9 heteroatoms. The second kappa shape index (κ2) is 4.99. The zero-order valence-corrected chi connectivity index (χ0v) is 12.3. The molecule has 0 bridgehead atoms. The smallest absolute Gasteiger partial charge is 0.283 e. The van der Waals surface area contributed by atoms with E-state index in [1.807, 2.05) is 20.8 Å². The van der Waals surface area contributed by atoms with E-state index in [1.54, 1.807) is 0 Å². The molecule has 1 aromatic heterocycles. The van der Waals surface area contributed by atoms with Gasteiger partial charge in [0, 0.05) is 5.54 Å². The number of H-pyrrole nitrogens is 1. The Morgan fingerprint density at radius 1 is 1.33 bits per heavy atom. The highest BCUT2D eigenvalue weighted by Crippen LogP contribution is 2.33. The fourth-order valence-corrected chi connectivity index (χ4v) is 2.37. The summed E-state index contributed by atoms with van der Waals surface area (Å²) in [5.74, 6) is -2.40. The van der Waals surface area contributed by atoms with E-state index in [9.17, 15) is 18.9 Å². The number of nitrogens with zero attached hydrogens (tertiary/aromatic N) is 3. The third-order valence-electron chi connectivity index (χ3n) is 2.82. The van der Waals surface area contributed by atoms with Gasteiger partial charge in [0.25, 0.3) is 5.69 Å². The third kappa shape index (κ3) is 2.68. The number of nitrogens with one attached hydrogen (secondary N) is 1. The first kappa shape index (κ1) is 15.2. The van der Waals surface area contributed by atoms with Crippen LogP contribution in [0, 0.1) is 26.5 Å². The van der Waals surface area contributed by atoms with Gasteiger partial charge in [0.15, 0.2) is 22.2 Å². The summed E-state index contributed by atoms with van der Waals surface area (Å²) in [4.78, 5) is 10.3. The van der Waals surface area contributed by atoms with Gasteiger partial charge in [-0.15, -0.1) is 0 Å². The molecule has 112 valence electrons. The number of aromatic nitrogens is 3. The van der Waals surface area contributed by atoms with Crippen LogP contribution in [0.2, 0.25) is 0 Å². The second-order valence-corrected chi connectivity index (χ2v) is 5.79. The summed E-state index contributed by atoms with van der Waals surface area (Å²) in [5.41, 5.74) is -1.26. The maximum absolute atomic E-state index is 13.5. The fourth-order valence-electron chi connectivity index (χ4n) is 1.97. The van der Waals surface area contributed by atoms with Crippen LogP contribution >= 0.6 is 12.2 Å². The van der Waals surface area contributed by atoms with Crippen LogP contribution < -0.4 is 0 Å². The number of nitro benzene ring substituents is 1. The molecule has 6 nitrogen and oxygen atoms in total. The molecule has 0 saturated carbocycles. The Morgan fingerprint density at radius 2 is 1.90 bits per heavy atom. The lowest BCUT2D eigenvalue weighted by atomic mass is 10.1. The molecule has 0 aliphatic heterocycles. The first-order valence-corrected chi connectivity index (χ1v) is 6.35. The average molecular weight is 314 g/mol. The Kier molecular flexibility index (Phi) is 3.62. The molecule has 0 unspecified atom stereocenters. The maximum atomic E-state index is 13.5. The molecule has 0 amide bonds. The van der Waals surface area contributed by atoms with Gasteiger partial charge < -0.3 is 0 Å². The lowest BCUT2D eigenvalue weighted by molar-refractivity contribution is -0.384. The van der Waals surface area contributed by atoms with Crippen molar-refractivity contribution in [1.29, 1.82) is 0 Å². The Bertz CT molecular complexity index is 777. The van der Waals surface area contributed by atoms with Gasteiger partial charge in [-0.05, 0) is 39.1 Å². The normalized spacial score (nSPS) is 11.7. The van der Waals surface area contributed by atoms with Crippen molar-refractivity contribution >= 4 is 17.9 Å². The molecular formula is C12H12F2N4O2S. The highest BCUT2D eigenvalue weighted by atomic mass is 32.1. The SMILES string of the molecule is CC(C)(C)n1c(-c2cc(F)c(F)cc2[N+](=O)[O-])n[nH]c1=S. The van der Waals surface area contributed by atoms with Crippen molar-refractivity contribution in [3.05, 3.63) is 38.7 Å². The number of hydrogen-bond acceptors (Lipinski definition) is 4. The number of aromatic amines is 1. The summed E-state index contributed by atoms with van der Waals surface area (Å²) in [6, 6.07) is 1.29. The molecule has 2 rings (SSSR count). The molecule has 1 aromatic carbocycles. The summed E-state index contributed by atoms with van der Waals surface area (Å²) >= 11 is 5.10. The molecule has 0 fully saturated rings. The van der Waals surface area contributed by atoms with Gasteiger partial charge in [-0.3, -0.25) is 19.8 Å². The van der Waals surface area contributed by atoms with E-state index in [1.165, 1.54) is 4.57 Å². The van der Waals surface area contributed by atoms with E-state index in [2.05, 4.69) is 10.2 Å². The Hall–Kier alpha value is -2.16. The molecule has 0 spiro atoms. The third-order valence-corrected chi connectivity index (χ3v) is 3.09. The van der Waals surface area contributed by atoms with Crippen LogP contribution in [0.15, 0.2) is 12.1 Å². The van der Waals surface area contributed by atoms with Gasteiger partial charge in [0.1, 0.15) is 5.56 Å². The minimum atomic E-state index is -1.29. The molecule has 0 aliphatic rings. The molecule has 0 saturated heterocycles. The van der Waals surface area contributed by atoms with Crippen molar-refractivity contribution < 1.29 is 13.7 Å². The Labute approximate surface area is 123 Å². The van der Waals surface area contributed by atoms with E-state index in [4.69, 9.17) is 12.2 Å². The first-order chi connectivity index (χ1) is 9.62. The number of halogens is 2. The van der Waals surface area contributed by atoms with Crippen LogP contribution in [0.5, 0.6) is 0 Å². The van der Waals surface area contributed by atoms with E-state index in [0.717, 1.165) is 6.07 Å². The van der Waals surface area contributed by atoms with Gasteiger partial charge in [-0.25, -0.2) is 8.78 Å². The molecule has 21 heavy (non-hydrogen) atoms. The highest BCUT2D eigenvalue weighted by molar-refractivity contribution is 7.71. The van der Waals surface area contributed by atoms with Gasteiger partial charge in [-0.1, -0.05) is 0 Å². The molecule has 0 aliphatic carbocycles. The second-order valence-electron chi connectivity index (χ2n) is 5.40. The largest absolute Gasteiger partial charge is 0.295 e. The van der Waals surface area contributed by atoms with E-state index < -0.39 is 27.8 Å². The van der Waals surface area contributed by atoms with Crippen molar-refractivity contribution in [2.75, 3.05) is 0 Å². The predicted molar refractivity (Wildman–Crippen MR) is 74.4 cm³/mol. The zero-order valence-electron chi connectivity index (χ0n) is 11.5. The van der Waals surface area contributed by atoms with E-state index in [-0.39, 0.29) is 16.2 Å². The number of nitro groups is 1.